The Morgan fingerprint density at radius 3 is 1.32 bits per heavy atom. The molecule has 25 heavy (non-hydrogen) atoms. The predicted molar refractivity (Wildman–Crippen MR) is 93.3 cm³/mol. The molecule has 0 saturated carbocycles. The van der Waals surface area contributed by atoms with Crippen LogP contribution in [0.5, 0.6) is 0 Å². The average Bonchev–Trinajstić information content (AvgIpc) is 2.52. The van der Waals surface area contributed by atoms with E-state index in [2.05, 4.69) is 27.7 Å². The topological polar surface area (TPSA) is 80.3 Å². The Morgan fingerprint density at radius 1 is 0.600 bits per heavy atom. The number of carbonyl (C=O) groups is 2. The summed E-state index contributed by atoms with van der Waals surface area (Å²) in [5, 5.41) is 0. The molecule has 0 spiro atoms. The van der Waals surface area contributed by atoms with Crippen molar-refractivity contribution in [3.05, 3.63) is 0 Å². The summed E-state index contributed by atoms with van der Waals surface area (Å²) in [5.41, 5.74) is 0. The number of hydrogen-bond donors (Lipinski definition) is 0. The van der Waals surface area contributed by atoms with Crippen LogP contribution in [0.15, 0.2) is 0 Å². The molecule has 0 fully saturated rings. The normalized spacial score (nSPS) is 11.1. The van der Waals surface area contributed by atoms with Crippen molar-refractivity contribution < 1.29 is 33.3 Å². The maximum atomic E-state index is 11.3. The van der Waals surface area contributed by atoms with Gasteiger partial charge in [0.2, 0.25) is 0 Å². The fourth-order valence-corrected chi connectivity index (χ4v) is 1.55. The van der Waals surface area contributed by atoms with E-state index in [1.807, 2.05) is 0 Å². The lowest BCUT2D eigenvalue weighted by atomic mass is 10.1. The Bertz CT molecular complexity index is 310. The van der Waals surface area contributed by atoms with Crippen molar-refractivity contribution >= 4 is 11.9 Å². The fourth-order valence-electron chi connectivity index (χ4n) is 1.55. The van der Waals surface area contributed by atoms with Crippen LogP contribution >= 0.6 is 0 Å². The van der Waals surface area contributed by atoms with Crippen LogP contribution in [0.3, 0.4) is 0 Å². The molecule has 0 bridgehead atoms. The standard InChI is InChI=1S/C18H34O7/c1-15(2)5-7-24-17(19)13-22-11-9-21-10-12-23-14-18(20)25-8-6-16(3)4/h15-16H,5-14H2,1-4H3. The molecule has 0 aliphatic carbocycles. The second-order valence-electron chi connectivity index (χ2n) is 6.52. The van der Waals surface area contributed by atoms with Crippen LogP contribution in [0.25, 0.3) is 0 Å². The number of ether oxygens (including phenoxy) is 5. The Morgan fingerprint density at radius 2 is 0.960 bits per heavy atom. The minimum atomic E-state index is -0.361. The van der Waals surface area contributed by atoms with Crippen LogP contribution in [0.4, 0.5) is 0 Å². The molecule has 0 radical (unpaired) electrons. The summed E-state index contributed by atoms with van der Waals surface area (Å²) in [6.07, 6.45) is 1.69. The molecule has 0 atom stereocenters. The Hall–Kier alpha value is -1.18. The molecule has 0 unspecified atom stereocenters. The third-order valence-electron chi connectivity index (χ3n) is 3.10. The summed E-state index contributed by atoms with van der Waals surface area (Å²) in [6, 6.07) is 0. The number of hydrogen-bond acceptors (Lipinski definition) is 7. The third-order valence-corrected chi connectivity index (χ3v) is 3.10. The van der Waals surface area contributed by atoms with Crippen molar-refractivity contribution in [2.45, 2.75) is 40.5 Å². The van der Waals surface area contributed by atoms with Gasteiger partial charge in [0.1, 0.15) is 13.2 Å². The summed E-state index contributed by atoms with van der Waals surface area (Å²) in [7, 11) is 0. The second kappa shape index (κ2) is 16.3. The molecule has 0 aromatic rings. The molecule has 0 N–H and O–H groups in total. The Labute approximate surface area is 151 Å². The van der Waals surface area contributed by atoms with Crippen molar-refractivity contribution in [1.82, 2.24) is 0 Å². The lowest BCUT2D eigenvalue weighted by Crippen LogP contribution is -2.18. The average molecular weight is 362 g/mol. The van der Waals surface area contributed by atoms with Crippen LogP contribution in [-0.4, -0.2) is 64.8 Å². The van der Waals surface area contributed by atoms with E-state index in [9.17, 15) is 9.59 Å². The molecule has 0 aromatic heterocycles. The van der Waals surface area contributed by atoms with Crippen LogP contribution in [0.1, 0.15) is 40.5 Å². The number of esters is 2. The van der Waals surface area contributed by atoms with Crippen molar-refractivity contribution in [3.8, 4) is 0 Å². The molecule has 0 saturated heterocycles. The first kappa shape index (κ1) is 23.8. The molecule has 148 valence electrons. The Balaban J connectivity index is 3.28. The first-order valence-corrected chi connectivity index (χ1v) is 8.96. The van der Waals surface area contributed by atoms with Crippen LogP contribution in [-0.2, 0) is 33.3 Å². The van der Waals surface area contributed by atoms with Gasteiger partial charge in [-0.2, -0.15) is 0 Å². The highest BCUT2D eigenvalue weighted by molar-refractivity contribution is 5.70. The highest BCUT2D eigenvalue weighted by Crippen LogP contribution is 1.99. The summed E-state index contributed by atoms with van der Waals surface area (Å²) in [5.74, 6) is 0.289. The van der Waals surface area contributed by atoms with Gasteiger partial charge in [0.15, 0.2) is 0 Å². The molecule has 0 rings (SSSR count). The predicted octanol–water partition coefficient (Wildman–Crippen LogP) is 2.21. The Kier molecular flexibility index (Phi) is 15.5. The zero-order chi connectivity index (χ0) is 18.9. The molecular weight excluding hydrogens is 328 g/mol. The smallest absolute Gasteiger partial charge is 0.332 e. The van der Waals surface area contributed by atoms with Crippen LogP contribution in [0.2, 0.25) is 0 Å². The van der Waals surface area contributed by atoms with Crippen LogP contribution in [0, 0.1) is 11.8 Å². The molecule has 0 aliphatic heterocycles. The summed E-state index contributed by atoms with van der Waals surface area (Å²) < 4.78 is 25.6. The van der Waals surface area contributed by atoms with Crippen molar-refractivity contribution in [3.63, 3.8) is 0 Å². The largest absolute Gasteiger partial charge is 0.464 e. The lowest BCUT2D eigenvalue weighted by molar-refractivity contribution is -0.149. The highest BCUT2D eigenvalue weighted by atomic mass is 16.6. The molecule has 0 aromatic carbocycles. The van der Waals surface area contributed by atoms with E-state index in [-0.39, 0.29) is 25.2 Å². The highest BCUT2D eigenvalue weighted by Gasteiger charge is 2.05. The van der Waals surface area contributed by atoms with E-state index in [1.54, 1.807) is 0 Å². The number of rotatable bonds is 16. The maximum Gasteiger partial charge on any atom is 0.332 e. The van der Waals surface area contributed by atoms with Gasteiger partial charge in [-0.1, -0.05) is 27.7 Å². The second-order valence-corrected chi connectivity index (χ2v) is 6.52. The summed E-state index contributed by atoms with van der Waals surface area (Å²) in [4.78, 5) is 22.6. The van der Waals surface area contributed by atoms with Gasteiger partial charge in [-0.25, -0.2) is 9.59 Å². The van der Waals surface area contributed by atoms with Crippen molar-refractivity contribution in [2.24, 2.45) is 11.8 Å². The van der Waals surface area contributed by atoms with Gasteiger partial charge in [0.05, 0.1) is 39.6 Å². The molecule has 7 heteroatoms. The third kappa shape index (κ3) is 19.0. The van der Waals surface area contributed by atoms with Gasteiger partial charge in [0, 0.05) is 0 Å². The minimum absolute atomic E-state index is 0.0693. The van der Waals surface area contributed by atoms with E-state index >= 15 is 0 Å². The van der Waals surface area contributed by atoms with E-state index in [1.165, 1.54) is 0 Å². The quantitative estimate of drug-likeness (QED) is 0.308. The fraction of sp³-hybridized carbons (Fsp3) is 0.889. The number of carbonyl (C=O) groups excluding carboxylic acids is 2. The summed E-state index contributed by atoms with van der Waals surface area (Å²) >= 11 is 0. The van der Waals surface area contributed by atoms with E-state index in [4.69, 9.17) is 23.7 Å². The summed E-state index contributed by atoms with van der Waals surface area (Å²) in [6.45, 7) is 10.3. The van der Waals surface area contributed by atoms with Crippen molar-refractivity contribution in [1.29, 1.82) is 0 Å². The molecule has 7 nitrogen and oxygen atoms in total. The van der Waals surface area contributed by atoms with E-state index in [0.717, 1.165) is 12.8 Å². The SMILES string of the molecule is CC(C)CCOC(=O)COCCOCCOCC(=O)OCCC(C)C. The van der Waals surface area contributed by atoms with Gasteiger partial charge < -0.3 is 23.7 Å². The van der Waals surface area contributed by atoms with Gasteiger partial charge in [-0.05, 0) is 24.7 Å². The van der Waals surface area contributed by atoms with E-state index < -0.39 is 0 Å². The maximum absolute atomic E-state index is 11.3. The van der Waals surface area contributed by atoms with Gasteiger partial charge in [0.25, 0.3) is 0 Å². The monoisotopic (exact) mass is 362 g/mol. The van der Waals surface area contributed by atoms with Crippen LogP contribution < -0.4 is 0 Å². The van der Waals surface area contributed by atoms with Gasteiger partial charge in [-0.3, -0.25) is 0 Å². The first-order valence-electron chi connectivity index (χ1n) is 8.96. The molecule has 0 amide bonds. The first-order chi connectivity index (χ1) is 11.9. The van der Waals surface area contributed by atoms with Gasteiger partial charge >= 0.3 is 11.9 Å². The molecule has 0 heterocycles. The van der Waals surface area contributed by atoms with E-state index in [0.29, 0.717) is 51.5 Å². The lowest BCUT2D eigenvalue weighted by Gasteiger charge is -2.08. The van der Waals surface area contributed by atoms with Crippen molar-refractivity contribution in [2.75, 3.05) is 52.9 Å². The molecular formula is C18H34O7. The molecule has 0 aliphatic rings. The van der Waals surface area contributed by atoms with Gasteiger partial charge in [-0.15, -0.1) is 0 Å². The zero-order valence-electron chi connectivity index (χ0n) is 16.1. The minimum Gasteiger partial charge on any atom is -0.464 e. The zero-order valence-corrected chi connectivity index (χ0v) is 16.1.